The van der Waals surface area contributed by atoms with E-state index < -0.39 is 0 Å². The second kappa shape index (κ2) is 6.99. The van der Waals surface area contributed by atoms with Gasteiger partial charge >= 0.3 is 0 Å². The molecule has 0 bridgehead atoms. The number of aromatic nitrogens is 5. The van der Waals surface area contributed by atoms with Crippen LogP contribution in [0.2, 0.25) is 0 Å². The Morgan fingerprint density at radius 1 is 1.17 bits per heavy atom. The summed E-state index contributed by atoms with van der Waals surface area (Å²) < 4.78 is 3.70. The molecular weight excluding hydrogens is 374 g/mol. The van der Waals surface area contributed by atoms with Crippen LogP contribution < -0.4 is 5.32 Å². The Hall–Kier alpha value is -3.66. The summed E-state index contributed by atoms with van der Waals surface area (Å²) in [5.41, 5.74) is 8.25. The third-order valence-corrected chi connectivity index (χ3v) is 6.05. The van der Waals surface area contributed by atoms with Gasteiger partial charge in [0.1, 0.15) is 11.8 Å². The van der Waals surface area contributed by atoms with Crippen LogP contribution >= 0.6 is 0 Å². The molecule has 0 saturated carbocycles. The number of nitrogens with zero attached hydrogens (tertiary/aromatic N) is 6. The maximum absolute atomic E-state index is 9.34. The van der Waals surface area contributed by atoms with Crippen LogP contribution in [0.4, 0.5) is 5.69 Å². The van der Waals surface area contributed by atoms with E-state index in [0.717, 1.165) is 52.8 Å². The number of anilines is 1. The van der Waals surface area contributed by atoms with Gasteiger partial charge in [-0.15, -0.1) is 0 Å². The molecule has 0 unspecified atom stereocenters. The molecule has 7 nitrogen and oxygen atoms in total. The number of hydrogen-bond donors (Lipinski definition) is 1. The molecule has 3 heterocycles. The zero-order valence-corrected chi connectivity index (χ0v) is 17.3. The van der Waals surface area contributed by atoms with Crippen molar-refractivity contribution >= 4 is 16.6 Å². The zero-order chi connectivity index (χ0) is 20.8. The molecule has 3 aromatic heterocycles. The summed E-state index contributed by atoms with van der Waals surface area (Å²) in [6.45, 7) is 4.15. The highest BCUT2D eigenvalue weighted by atomic mass is 15.3. The first kappa shape index (κ1) is 18.4. The van der Waals surface area contributed by atoms with Crippen molar-refractivity contribution in [3.63, 3.8) is 0 Å². The Bertz CT molecular complexity index is 1310. The maximum atomic E-state index is 9.34. The number of hydrogen-bond acceptors (Lipinski definition) is 5. The first-order valence-corrected chi connectivity index (χ1v) is 10.2. The third kappa shape index (κ3) is 2.92. The number of aryl methyl sites for hydroxylation is 2. The van der Waals surface area contributed by atoms with E-state index in [9.17, 15) is 5.26 Å². The van der Waals surface area contributed by atoms with Crippen molar-refractivity contribution in [2.24, 2.45) is 7.05 Å². The quantitative estimate of drug-likeness (QED) is 0.562. The molecule has 150 valence electrons. The minimum absolute atomic E-state index is 0.131. The van der Waals surface area contributed by atoms with Gasteiger partial charge in [0.25, 0.3) is 0 Å². The summed E-state index contributed by atoms with van der Waals surface area (Å²) >= 11 is 0. The predicted molar refractivity (Wildman–Crippen MR) is 116 cm³/mol. The third-order valence-electron chi connectivity index (χ3n) is 6.05. The Morgan fingerprint density at radius 3 is 2.80 bits per heavy atom. The highest BCUT2D eigenvalue weighted by molar-refractivity contribution is 5.85. The smallest absolute Gasteiger partial charge is 0.103 e. The highest BCUT2D eigenvalue weighted by Gasteiger charge is 2.25. The molecule has 1 aliphatic carbocycles. The van der Waals surface area contributed by atoms with Crippen LogP contribution in [-0.2, 0) is 13.5 Å². The van der Waals surface area contributed by atoms with Crippen LogP contribution in [0.15, 0.2) is 36.9 Å². The molecular formula is C23H23N7. The van der Waals surface area contributed by atoms with Crippen molar-refractivity contribution in [3.05, 3.63) is 64.9 Å². The molecule has 30 heavy (non-hydrogen) atoms. The van der Waals surface area contributed by atoms with E-state index in [-0.39, 0.29) is 6.04 Å². The number of nitriles is 1. The van der Waals surface area contributed by atoms with E-state index in [2.05, 4.69) is 45.6 Å². The van der Waals surface area contributed by atoms with Crippen molar-refractivity contribution < 1.29 is 0 Å². The molecule has 0 radical (unpaired) electrons. The fraction of sp³-hybridized carbons (Fsp3) is 0.304. The molecule has 1 N–H and O–H groups in total. The second-order valence-corrected chi connectivity index (χ2v) is 8.02. The molecule has 0 amide bonds. The van der Waals surface area contributed by atoms with Gasteiger partial charge in [-0.25, -0.2) is 4.68 Å². The number of rotatable bonds is 3. The topological polar surface area (TPSA) is 84.3 Å². The van der Waals surface area contributed by atoms with Crippen molar-refractivity contribution in [2.75, 3.05) is 5.32 Å². The molecule has 5 rings (SSSR count). The first-order valence-electron chi connectivity index (χ1n) is 10.2. The summed E-state index contributed by atoms with van der Waals surface area (Å²) in [6, 6.07) is 6.72. The van der Waals surface area contributed by atoms with Crippen LogP contribution in [0.1, 0.15) is 46.8 Å². The largest absolute Gasteiger partial charge is 0.376 e. The first-order chi connectivity index (χ1) is 14.5. The zero-order valence-electron chi connectivity index (χ0n) is 17.3. The van der Waals surface area contributed by atoms with E-state index in [1.807, 2.05) is 37.2 Å². The monoisotopic (exact) mass is 397 g/mol. The predicted octanol–water partition coefficient (Wildman–Crippen LogP) is 4.13. The molecule has 0 aliphatic heterocycles. The van der Waals surface area contributed by atoms with Gasteiger partial charge in [0.15, 0.2) is 0 Å². The molecule has 7 heteroatoms. The SMILES string of the molecule is Cc1cc2cnn(-c3cnn(C)c3)c2cc1N[C@@H]1CCCc2c1ncc(C#N)c2C. The molecule has 0 spiro atoms. The van der Waals surface area contributed by atoms with E-state index in [4.69, 9.17) is 0 Å². The van der Waals surface area contributed by atoms with E-state index in [1.54, 1.807) is 10.9 Å². The number of nitrogens with one attached hydrogen (secondary N) is 1. The standard InChI is InChI=1S/C23H23N7/c1-14-7-16-11-27-30(18-12-26-29(3)13-18)22(16)8-21(14)28-20-6-4-5-19-15(2)17(9-24)10-25-23(19)20/h7-8,10-13,20,28H,4-6H2,1-3H3/t20-/m1/s1. The molecule has 0 saturated heterocycles. The Labute approximate surface area is 175 Å². The molecule has 1 aliphatic rings. The van der Waals surface area contributed by atoms with Gasteiger partial charge in [0.2, 0.25) is 0 Å². The van der Waals surface area contributed by atoms with Crippen LogP contribution in [0.3, 0.4) is 0 Å². The van der Waals surface area contributed by atoms with E-state index in [0.29, 0.717) is 5.56 Å². The Balaban J connectivity index is 1.55. The number of benzene rings is 1. The average Bonchev–Trinajstić information content (AvgIpc) is 3.34. The second-order valence-electron chi connectivity index (χ2n) is 8.02. The van der Waals surface area contributed by atoms with Crippen LogP contribution in [0.25, 0.3) is 16.6 Å². The van der Waals surface area contributed by atoms with Gasteiger partial charge in [-0.3, -0.25) is 9.67 Å². The van der Waals surface area contributed by atoms with Crippen molar-refractivity contribution in [3.8, 4) is 11.8 Å². The summed E-state index contributed by atoms with van der Waals surface area (Å²) in [5, 5.41) is 23.0. The van der Waals surface area contributed by atoms with E-state index >= 15 is 0 Å². The summed E-state index contributed by atoms with van der Waals surface area (Å²) in [5.74, 6) is 0. The Kier molecular flexibility index (Phi) is 4.28. The lowest BCUT2D eigenvalue weighted by atomic mass is 9.87. The normalized spacial score (nSPS) is 15.7. The molecule has 0 fully saturated rings. The molecule has 4 aromatic rings. The molecule has 1 aromatic carbocycles. The average molecular weight is 397 g/mol. The van der Waals surface area contributed by atoms with Crippen LogP contribution in [0.5, 0.6) is 0 Å². The van der Waals surface area contributed by atoms with Gasteiger partial charge in [-0.1, -0.05) is 0 Å². The lowest BCUT2D eigenvalue weighted by molar-refractivity contribution is 0.580. The minimum Gasteiger partial charge on any atom is -0.376 e. The van der Waals surface area contributed by atoms with Crippen LogP contribution in [-0.4, -0.2) is 24.5 Å². The van der Waals surface area contributed by atoms with Crippen molar-refractivity contribution in [1.82, 2.24) is 24.5 Å². The highest BCUT2D eigenvalue weighted by Crippen LogP contribution is 2.35. The van der Waals surface area contributed by atoms with Gasteiger partial charge in [-0.2, -0.15) is 15.5 Å². The minimum atomic E-state index is 0.131. The Morgan fingerprint density at radius 2 is 2.03 bits per heavy atom. The number of pyridine rings is 1. The van der Waals surface area contributed by atoms with Gasteiger partial charge in [0, 0.05) is 24.3 Å². The van der Waals surface area contributed by atoms with Crippen molar-refractivity contribution in [2.45, 2.75) is 39.2 Å². The van der Waals surface area contributed by atoms with Crippen LogP contribution in [0, 0.1) is 25.2 Å². The summed E-state index contributed by atoms with van der Waals surface area (Å²) in [7, 11) is 1.90. The lowest BCUT2D eigenvalue weighted by Gasteiger charge is -2.28. The van der Waals surface area contributed by atoms with E-state index in [1.165, 1.54) is 11.1 Å². The van der Waals surface area contributed by atoms with Crippen molar-refractivity contribution in [1.29, 1.82) is 5.26 Å². The van der Waals surface area contributed by atoms with Gasteiger partial charge < -0.3 is 5.32 Å². The fourth-order valence-electron chi connectivity index (χ4n) is 4.41. The fourth-order valence-corrected chi connectivity index (χ4v) is 4.41. The number of fused-ring (bicyclic) bond motifs is 2. The summed E-state index contributed by atoms with van der Waals surface area (Å²) in [4.78, 5) is 4.66. The maximum Gasteiger partial charge on any atom is 0.103 e. The summed E-state index contributed by atoms with van der Waals surface area (Å²) in [6.07, 6.45) is 10.5. The van der Waals surface area contributed by atoms with Gasteiger partial charge in [-0.05, 0) is 61.9 Å². The molecule has 1 atom stereocenters. The van der Waals surface area contributed by atoms with Gasteiger partial charge in [0.05, 0.1) is 41.4 Å². The lowest BCUT2D eigenvalue weighted by Crippen LogP contribution is -2.20.